The van der Waals surface area contributed by atoms with Crippen LogP contribution in [0.2, 0.25) is 10.0 Å². The first-order valence-corrected chi connectivity index (χ1v) is 26.7. The highest BCUT2D eigenvalue weighted by molar-refractivity contribution is 6.31. The van der Waals surface area contributed by atoms with Crippen LogP contribution in [0, 0.1) is 27.7 Å². The molecule has 16 heteroatoms. The number of carbonyl (C=O) groups excluding carboxylic acids is 2. The summed E-state index contributed by atoms with van der Waals surface area (Å²) in [4.78, 5) is 67.5. The van der Waals surface area contributed by atoms with Crippen molar-refractivity contribution in [3.63, 3.8) is 0 Å². The van der Waals surface area contributed by atoms with E-state index in [1.165, 1.54) is 12.3 Å². The van der Waals surface area contributed by atoms with E-state index in [9.17, 15) is 19.2 Å². The van der Waals surface area contributed by atoms with Crippen molar-refractivity contribution in [1.82, 2.24) is 35.1 Å². The summed E-state index contributed by atoms with van der Waals surface area (Å²) >= 11 is 13.5. The van der Waals surface area contributed by atoms with Gasteiger partial charge < -0.3 is 44.3 Å². The summed E-state index contributed by atoms with van der Waals surface area (Å²) in [6.07, 6.45) is 11.8. The minimum Gasteiger partial charge on any atom is -0.369 e. The molecule has 0 bridgehead atoms. The lowest BCUT2D eigenvalue weighted by Gasteiger charge is -2.41. The van der Waals surface area contributed by atoms with Gasteiger partial charge in [0.05, 0.1) is 11.9 Å². The van der Waals surface area contributed by atoms with Gasteiger partial charge in [0, 0.05) is 142 Å². The first-order valence-electron chi connectivity index (χ1n) is 25.9. The summed E-state index contributed by atoms with van der Waals surface area (Å²) in [5, 5.41) is 10.9. The molecule has 1 atom stereocenters. The van der Waals surface area contributed by atoms with Crippen LogP contribution >= 0.6 is 23.2 Å². The Balaban J connectivity index is 0.894. The highest BCUT2D eigenvalue weighted by atomic mass is 35.5. The molecule has 72 heavy (non-hydrogen) atoms. The maximum absolute atomic E-state index is 14.0. The summed E-state index contributed by atoms with van der Waals surface area (Å²) in [5.41, 5.74) is 8.53. The smallest absolute Gasteiger partial charge is 0.251 e. The summed E-state index contributed by atoms with van der Waals surface area (Å²) in [6.45, 7) is 14.7. The molecule has 0 radical (unpaired) electrons. The molecule has 2 aliphatic carbocycles. The lowest BCUT2D eigenvalue weighted by molar-refractivity contribution is 0.0942. The van der Waals surface area contributed by atoms with Gasteiger partial charge in [0.15, 0.2) is 16.6 Å². The first kappa shape index (κ1) is 52.9. The molecule has 8 rings (SSSR count). The topological polar surface area (TPSA) is 152 Å². The second-order valence-corrected chi connectivity index (χ2v) is 21.5. The Hall–Kier alpha value is -5.41. The number of carbonyl (C=O) groups is 2. The van der Waals surface area contributed by atoms with Crippen LogP contribution in [0.5, 0.6) is 0 Å². The van der Waals surface area contributed by atoms with Crippen LogP contribution in [0.25, 0.3) is 11.5 Å². The predicted octanol–water partition coefficient (Wildman–Crippen LogP) is 9.55. The van der Waals surface area contributed by atoms with Crippen molar-refractivity contribution in [1.29, 1.82) is 0 Å². The number of hydrogen-bond acceptors (Lipinski definition) is 10. The Morgan fingerprint density at radius 2 is 1.22 bits per heavy atom. The highest BCUT2D eigenvalue weighted by Gasteiger charge is 2.33. The van der Waals surface area contributed by atoms with Crippen molar-refractivity contribution in [3.8, 4) is 11.5 Å². The largest absolute Gasteiger partial charge is 0.369 e. The van der Waals surface area contributed by atoms with E-state index in [0.717, 1.165) is 118 Å². The number of aryl methyl sites for hydroxylation is 2. The number of amides is 2. The maximum atomic E-state index is 14.0. The Bertz CT molecular complexity index is 2880. The van der Waals surface area contributed by atoms with E-state index in [1.807, 2.05) is 32.9 Å². The SMILES string of the molecule is CCN(c1cc(Cl)cc(C(=O)NCc2c(-c3ccno3)[nH]c(C)cc2=O)c1C)C1CCC(N(C)CC2CCc3cc(=O)c(CNC(=O)c4cc(Cl)cc(N(CC)C5CCC(N(C)C)CC5)c4C)c(C)n32)CC1. The maximum Gasteiger partial charge on any atom is 0.251 e. The van der Waals surface area contributed by atoms with E-state index < -0.39 is 0 Å². The number of H-pyrrole nitrogens is 1. The van der Waals surface area contributed by atoms with Gasteiger partial charge in [-0.05, 0) is 162 Å². The number of aromatic amines is 1. The zero-order valence-corrected chi connectivity index (χ0v) is 45.1. The van der Waals surface area contributed by atoms with Gasteiger partial charge in [0.2, 0.25) is 0 Å². The summed E-state index contributed by atoms with van der Waals surface area (Å²) in [5.74, 6) is -0.138. The molecule has 1 unspecified atom stereocenters. The van der Waals surface area contributed by atoms with E-state index in [-0.39, 0.29) is 47.8 Å². The number of benzene rings is 2. The van der Waals surface area contributed by atoms with E-state index in [0.29, 0.717) is 67.6 Å². The molecule has 3 N–H and O–H groups in total. The van der Waals surface area contributed by atoms with Gasteiger partial charge in [-0.1, -0.05) is 28.4 Å². The Kier molecular flexibility index (Phi) is 16.7. The normalized spacial score (nSPS) is 19.9. The third-order valence-electron chi connectivity index (χ3n) is 16.2. The lowest BCUT2D eigenvalue weighted by atomic mass is 9.88. The molecule has 1 aliphatic heterocycles. The van der Waals surface area contributed by atoms with Crippen molar-refractivity contribution in [2.45, 2.75) is 149 Å². The van der Waals surface area contributed by atoms with Crippen LogP contribution in [-0.2, 0) is 19.5 Å². The van der Waals surface area contributed by atoms with Gasteiger partial charge >= 0.3 is 0 Å². The first-order chi connectivity index (χ1) is 34.5. The number of rotatable bonds is 17. The summed E-state index contributed by atoms with van der Waals surface area (Å²) < 4.78 is 7.70. The Labute approximate surface area is 434 Å². The molecule has 14 nitrogen and oxygen atoms in total. The molecule has 4 heterocycles. The highest BCUT2D eigenvalue weighted by Crippen LogP contribution is 2.37. The number of pyridine rings is 2. The number of aromatic nitrogens is 3. The average molecular weight is 1020 g/mol. The monoisotopic (exact) mass is 1020 g/mol. The van der Waals surface area contributed by atoms with Crippen LogP contribution < -0.4 is 31.3 Å². The Morgan fingerprint density at radius 3 is 1.74 bits per heavy atom. The standard InChI is InChI=1S/C56H73Cl2N9O5/c1-10-65(41-16-12-39(13-17-41)63(7)8)49-27-37(57)25-45(34(49)4)55(70)59-30-47-36(6)67-43(29-52(47)69)20-21-44(67)32-64(9)40-14-18-42(19-15-40)66(11-2)50-28-38(58)26-46(35(50)5)56(71)60-31-48-51(68)24-33(3)62-54(48)53-22-23-61-72-53/h22-29,39-42,44H,10-21,30-32H2,1-9H3,(H,59,70)(H,60,71)(H,62,68). The molecule has 0 spiro atoms. The predicted molar refractivity (Wildman–Crippen MR) is 289 cm³/mol. The van der Waals surface area contributed by atoms with E-state index in [1.54, 1.807) is 31.2 Å². The fourth-order valence-corrected chi connectivity index (χ4v) is 12.6. The molecule has 386 valence electrons. The number of anilines is 2. The summed E-state index contributed by atoms with van der Waals surface area (Å²) in [6, 6.07) is 14.2. The van der Waals surface area contributed by atoms with Gasteiger partial charge in [-0.3, -0.25) is 19.2 Å². The molecule has 0 saturated heterocycles. The van der Waals surface area contributed by atoms with E-state index >= 15 is 0 Å². The average Bonchev–Trinajstić information content (AvgIpc) is 4.04. The number of halogens is 2. The molecule has 3 aliphatic rings. The van der Waals surface area contributed by atoms with Crippen molar-refractivity contribution in [2.24, 2.45) is 0 Å². The van der Waals surface area contributed by atoms with Gasteiger partial charge in [0.1, 0.15) is 0 Å². The number of nitrogens with one attached hydrogen (secondary N) is 3. The molecular weight excluding hydrogens is 950 g/mol. The second kappa shape index (κ2) is 22.8. The molecule has 3 aromatic heterocycles. The second-order valence-electron chi connectivity index (χ2n) is 20.6. The fourth-order valence-electron chi connectivity index (χ4n) is 12.2. The molecule has 2 saturated carbocycles. The molecular formula is C56H73Cl2N9O5. The fraction of sp³-hybridized carbons (Fsp3) is 0.518. The quantitative estimate of drug-likeness (QED) is 0.0822. The van der Waals surface area contributed by atoms with Crippen molar-refractivity contribution in [3.05, 3.63) is 130 Å². The number of likely N-dealkylation sites (N-methyl/N-ethyl adjacent to an activating group) is 1. The van der Waals surface area contributed by atoms with Crippen LogP contribution in [0.1, 0.15) is 138 Å². The minimum absolute atomic E-state index is 0.00723. The third kappa shape index (κ3) is 11.2. The van der Waals surface area contributed by atoms with E-state index in [2.05, 4.69) is 79.9 Å². The van der Waals surface area contributed by atoms with Gasteiger partial charge in [-0.15, -0.1) is 0 Å². The van der Waals surface area contributed by atoms with Gasteiger partial charge in [-0.25, -0.2) is 0 Å². The third-order valence-corrected chi connectivity index (χ3v) is 16.6. The van der Waals surface area contributed by atoms with Crippen molar-refractivity contribution >= 4 is 46.4 Å². The summed E-state index contributed by atoms with van der Waals surface area (Å²) in [7, 11) is 6.54. The van der Waals surface area contributed by atoms with Gasteiger partial charge in [-0.2, -0.15) is 0 Å². The van der Waals surface area contributed by atoms with Gasteiger partial charge in [0.25, 0.3) is 11.8 Å². The Morgan fingerprint density at radius 1 is 0.708 bits per heavy atom. The molecule has 5 aromatic rings. The minimum atomic E-state index is -0.320. The van der Waals surface area contributed by atoms with Crippen LogP contribution in [0.15, 0.2) is 62.8 Å². The zero-order chi connectivity index (χ0) is 51.5. The molecule has 2 aromatic carbocycles. The molecule has 2 amide bonds. The van der Waals surface area contributed by atoms with Crippen LogP contribution in [0.4, 0.5) is 11.4 Å². The van der Waals surface area contributed by atoms with Crippen molar-refractivity contribution < 1.29 is 14.1 Å². The van der Waals surface area contributed by atoms with Crippen LogP contribution in [-0.4, -0.2) is 101 Å². The van der Waals surface area contributed by atoms with E-state index in [4.69, 9.17) is 27.7 Å². The zero-order valence-electron chi connectivity index (χ0n) is 43.6. The number of nitrogens with zero attached hydrogens (tertiary/aromatic N) is 6. The van der Waals surface area contributed by atoms with Crippen molar-refractivity contribution in [2.75, 3.05) is 50.6 Å². The number of hydrogen-bond donors (Lipinski definition) is 3. The number of fused-ring (bicyclic) bond motifs is 1. The lowest BCUT2D eigenvalue weighted by Crippen LogP contribution is -2.44. The van der Waals surface area contributed by atoms with Crippen LogP contribution in [0.3, 0.4) is 0 Å². The molecule has 2 fully saturated rings.